The molecule has 0 aliphatic carbocycles. The summed E-state index contributed by atoms with van der Waals surface area (Å²) in [4.78, 5) is 13.1. The van der Waals surface area contributed by atoms with Crippen LogP contribution in [0.1, 0.15) is 35.2 Å². The molecule has 33 heavy (non-hydrogen) atoms. The number of nitrogens with one attached hydrogen (secondary N) is 1. The van der Waals surface area contributed by atoms with Crippen LogP contribution in [0.3, 0.4) is 0 Å². The van der Waals surface area contributed by atoms with Gasteiger partial charge in [-0.05, 0) is 68.7 Å². The van der Waals surface area contributed by atoms with Crippen molar-refractivity contribution >= 4 is 21.6 Å². The highest BCUT2D eigenvalue weighted by molar-refractivity contribution is 7.92. The van der Waals surface area contributed by atoms with Crippen molar-refractivity contribution in [3.8, 4) is 5.75 Å². The van der Waals surface area contributed by atoms with Crippen LogP contribution < -0.4 is 14.4 Å². The molecular formula is C26H30N2O4S. The van der Waals surface area contributed by atoms with E-state index in [4.69, 9.17) is 4.74 Å². The molecule has 1 unspecified atom stereocenters. The number of sulfonamides is 1. The Morgan fingerprint density at radius 2 is 1.67 bits per heavy atom. The molecule has 0 fully saturated rings. The highest BCUT2D eigenvalue weighted by Gasteiger charge is 2.28. The Kier molecular flexibility index (Phi) is 7.43. The van der Waals surface area contributed by atoms with Crippen LogP contribution >= 0.6 is 0 Å². The molecule has 0 aliphatic rings. The molecule has 3 rings (SSSR count). The molecule has 0 saturated carbocycles. The van der Waals surface area contributed by atoms with Crippen molar-refractivity contribution in [2.24, 2.45) is 0 Å². The normalized spacial score (nSPS) is 12.2. The minimum Gasteiger partial charge on any atom is -0.497 e. The smallest absolute Gasteiger partial charge is 0.264 e. The van der Waals surface area contributed by atoms with E-state index >= 15 is 0 Å². The van der Waals surface area contributed by atoms with Crippen molar-refractivity contribution in [1.29, 1.82) is 0 Å². The molecule has 3 aromatic rings. The first-order chi connectivity index (χ1) is 15.6. The summed E-state index contributed by atoms with van der Waals surface area (Å²) in [6.07, 6.45) is 0. The zero-order valence-corrected chi connectivity index (χ0v) is 20.4. The van der Waals surface area contributed by atoms with Gasteiger partial charge in [-0.1, -0.05) is 42.0 Å². The van der Waals surface area contributed by atoms with Crippen LogP contribution in [0.15, 0.2) is 71.6 Å². The number of hydrogen-bond donors (Lipinski definition) is 1. The summed E-state index contributed by atoms with van der Waals surface area (Å²) in [5, 5.41) is 2.93. The van der Waals surface area contributed by atoms with E-state index in [0.29, 0.717) is 11.4 Å². The van der Waals surface area contributed by atoms with Crippen molar-refractivity contribution in [2.75, 3.05) is 18.0 Å². The summed E-state index contributed by atoms with van der Waals surface area (Å²) in [6.45, 7) is 7.46. The fourth-order valence-electron chi connectivity index (χ4n) is 3.45. The Bertz CT molecular complexity index is 1240. The van der Waals surface area contributed by atoms with Crippen molar-refractivity contribution in [3.63, 3.8) is 0 Å². The maximum absolute atomic E-state index is 13.5. The third-order valence-corrected chi connectivity index (χ3v) is 7.43. The first-order valence-corrected chi connectivity index (χ1v) is 12.2. The van der Waals surface area contributed by atoms with Gasteiger partial charge in [0, 0.05) is 6.07 Å². The summed E-state index contributed by atoms with van der Waals surface area (Å²) >= 11 is 0. The molecule has 0 spiro atoms. The number of amides is 1. The average Bonchev–Trinajstić information content (AvgIpc) is 2.79. The SMILES string of the molecule is COc1cccc(N(CC(=O)NC(C)c2ccc(C)c(C)c2)S(=O)(=O)c2ccc(C)cc2)c1. The van der Waals surface area contributed by atoms with Crippen molar-refractivity contribution < 1.29 is 17.9 Å². The zero-order chi connectivity index (χ0) is 24.2. The topological polar surface area (TPSA) is 75.7 Å². The van der Waals surface area contributed by atoms with E-state index in [0.717, 1.165) is 21.0 Å². The molecule has 0 saturated heterocycles. The van der Waals surface area contributed by atoms with Crippen LogP contribution in [0.25, 0.3) is 0 Å². The number of methoxy groups -OCH3 is 1. The first kappa shape index (κ1) is 24.3. The van der Waals surface area contributed by atoms with Crippen LogP contribution in [-0.2, 0) is 14.8 Å². The number of aryl methyl sites for hydroxylation is 3. The van der Waals surface area contributed by atoms with Crippen LogP contribution in [-0.4, -0.2) is 28.0 Å². The van der Waals surface area contributed by atoms with Gasteiger partial charge in [0.15, 0.2) is 0 Å². The van der Waals surface area contributed by atoms with Crippen molar-refractivity contribution in [3.05, 3.63) is 89.0 Å². The lowest BCUT2D eigenvalue weighted by atomic mass is 10.0. The Morgan fingerprint density at radius 3 is 2.30 bits per heavy atom. The summed E-state index contributed by atoms with van der Waals surface area (Å²) in [7, 11) is -2.48. The fourth-order valence-corrected chi connectivity index (χ4v) is 4.87. The lowest BCUT2D eigenvalue weighted by molar-refractivity contribution is -0.120. The Labute approximate surface area is 196 Å². The van der Waals surface area contributed by atoms with E-state index < -0.39 is 15.9 Å². The number of anilines is 1. The highest BCUT2D eigenvalue weighted by Crippen LogP contribution is 2.27. The molecule has 1 atom stereocenters. The largest absolute Gasteiger partial charge is 0.497 e. The third kappa shape index (κ3) is 5.73. The standard InChI is InChI=1S/C26H30N2O4S/c1-18-9-13-25(14-10-18)33(30,31)28(23-7-6-8-24(16-23)32-5)17-26(29)27-21(4)22-12-11-19(2)20(3)15-22/h6-16,21H,17H2,1-5H3,(H,27,29). The lowest BCUT2D eigenvalue weighted by Crippen LogP contribution is -2.41. The van der Waals surface area contributed by atoms with Crippen LogP contribution in [0.2, 0.25) is 0 Å². The van der Waals surface area contributed by atoms with E-state index in [1.54, 1.807) is 48.5 Å². The molecule has 174 valence electrons. The average molecular weight is 467 g/mol. The quantitative estimate of drug-likeness (QED) is 0.522. The van der Waals surface area contributed by atoms with Gasteiger partial charge in [0.2, 0.25) is 5.91 Å². The van der Waals surface area contributed by atoms with E-state index in [-0.39, 0.29) is 17.5 Å². The first-order valence-electron chi connectivity index (χ1n) is 10.7. The molecule has 0 radical (unpaired) electrons. The van der Waals surface area contributed by atoms with Gasteiger partial charge < -0.3 is 10.1 Å². The third-order valence-electron chi connectivity index (χ3n) is 5.65. The number of benzene rings is 3. The lowest BCUT2D eigenvalue weighted by Gasteiger charge is -2.25. The van der Waals surface area contributed by atoms with Gasteiger partial charge in [0.1, 0.15) is 12.3 Å². The molecular weight excluding hydrogens is 436 g/mol. The van der Waals surface area contributed by atoms with Gasteiger partial charge in [-0.2, -0.15) is 0 Å². The molecule has 0 aromatic heterocycles. The summed E-state index contributed by atoms with van der Waals surface area (Å²) in [5.41, 5.74) is 4.56. The second kappa shape index (κ2) is 10.1. The van der Waals surface area contributed by atoms with Crippen molar-refractivity contribution in [2.45, 2.75) is 38.6 Å². The number of carbonyl (C=O) groups is 1. The number of nitrogens with zero attached hydrogens (tertiary/aromatic N) is 1. The predicted molar refractivity (Wildman–Crippen MR) is 131 cm³/mol. The summed E-state index contributed by atoms with van der Waals surface area (Å²) in [5.74, 6) is 0.0970. The minimum atomic E-state index is -3.99. The molecule has 0 bridgehead atoms. The van der Waals surface area contributed by atoms with Crippen LogP contribution in [0.5, 0.6) is 5.75 Å². The van der Waals surface area contributed by atoms with E-state index in [2.05, 4.69) is 5.32 Å². The highest BCUT2D eigenvalue weighted by atomic mass is 32.2. The van der Waals surface area contributed by atoms with Gasteiger partial charge in [0.25, 0.3) is 10.0 Å². The van der Waals surface area contributed by atoms with Crippen LogP contribution in [0.4, 0.5) is 5.69 Å². The number of rotatable bonds is 8. The van der Waals surface area contributed by atoms with Crippen molar-refractivity contribution in [1.82, 2.24) is 5.32 Å². The van der Waals surface area contributed by atoms with E-state index in [1.807, 2.05) is 45.9 Å². The number of ether oxygens (including phenoxy) is 1. The summed E-state index contributed by atoms with van der Waals surface area (Å²) in [6, 6.07) is 19.0. The van der Waals surface area contributed by atoms with E-state index in [9.17, 15) is 13.2 Å². The molecule has 6 nitrogen and oxygen atoms in total. The Balaban J connectivity index is 1.91. The minimum absolute atomic E-state index is 0.117. The number of carbonyl (C=O) groups excluding carboxylic acids is 1. The Hall–Kier alpha value is -3.32. The molecule has 3 aromatic carbocycles. The molecule has 0 aliphatic heterocycles. The summed E-state index contributed by atoms with van der Waals surface area (Å²) < 4.78 is 33.4. The maximum atomic E-state index is 13.5. The fraction of sp³-hybridized carbons (Fsp3) is 0.269. The van der Waals surface area contributed by atoms with Crippen LogP contribution in [0, 0.1) is 20.8 Å². The molecule has 1 N–H and O–H groups in total. The molecule has 1 amide bonds. The zero-order valence-electron chi connectivity index (χ0n) is 19.6. The van der Waals surface area contributed by atoms with Gasteiger partial charge in [-0.25, -0.2) is 8.42 Å². The second-order valence-corrected chi connectivity index (χ2v) is 10.0. The molecule has 0 heterocycles. The monoisotopic (exact) mass is 466 g/mol. The van der Waals surface area contributed by atoms with Gasteiger partial charge in [-0.15, -0.1) is 0 Å². The molecule has 7 heteroatoms. The number of hydrogen-bond acceptors (Lipinski definition) is 4. The maximum Gasteiger partial charge on any atom is 0.264 e. The van der Waals surface area contributed by atoms with Gasteiger partial charge >= 0.3 is 0 Å². The van der Waals surface area contributed by atoms with Gasteiger partial charge in [0.05, 0.1) is 23.7 Å². The van der Waals surface area contributed by atoms with E-state index in [1.165, 1.54) is 12.7 Å². The van der Waals surface area contributed by atoms with Gasteiger partial charge in [-0.3, -0.25) is 9.10 Å². The second-order valence-electron chi connectivity index (χ2n) is 8.16. The predicted octanol–water partition coefficient (Wildman–Crippen LogP) is 4.69. The Morgan fingerprint density at radius 1 is 0.970 bits per heavy atom.